The van der Waals surface area contributed by atoms with Crippen LogP contribution in [0.4, 0.5) is 9.59 Å². The van der Waals surface area contributed by atoms with Crippen LogP contribution in [0.25, 0.3) is 0 Å². The van der Waals surface area contributed by atoms with Gasteiger partial charge in [-0.1, -0.05) is 12.2 Å². The topological polar surface area (TPSA) is 55.8 Å². The molecular formula is C14H25NO4. The zero-order valence-electron chi connectivity index (χ0n) is 12.9. The number of carbonyl (C=O) groups is 2. The molecule has 0 saturated carbocycles. The molecule has 2 amide bonds. The molecule has 0 aliphatic heterocycles. The van der Waals surface area contributed by atoms with Crippen LogP contribution in [0.2, 0.25) is 0 Å². The fourth-order valence-electron chi connectivity index (χ4n) is 1.07. The lowest BCUT2D eigenvalue weighted by Crippen LogP contribution is -2.43. The Balaban J connectivity index is 4.90. The Hall–Kier alpha value is -1.52. The zero-order valence-corrected chi connectivity index (χ0v) is 12.9. The van der Waals surface area contributed by atoms with E-state index in [9.17, 15) is 9.59 Å². The van der Waals surface area contributed by atoms with Crippen molar-refractivity contribution >= 4 is 12.2 Å². The quantitative estimate of drug-likeness (QED) is 0.718. The van der Waals surface area contributed by atoms with E-state index in [-0.39, 0.29) is 6.54 Å². The number of amides is 2. The average molecular weight is 271 g/mol. The molecule has 0 spiro atoms. The minimum atomic E-state index is -0.708. The fourth-order valence-corrected chi connectivity index (χ4v) is 1.07. The molecule has 0 saturated heterocycles. The van der Waals surface area contributed by atoms with Gasteiger partial charge in [-0.15, -0.1) is 0 Å². The molecule has 0 radical (unpaired) electrons. The Morgan fingerprint density at radius 1 is 0.947 bits per heavy atom. The monoisotopic (exact) mass is 271 g/mol. The van der Waals surface area contributed by atoms with Crippen LogP contribution in [0.15, 0.2) is 12.2 Å². The molecule has 0 fully saturated rings. The van der Waals surface area contributed by atoms with Gasteiger partial charge in [-0.2, -0.15) is 0 Å². The van der Waals surface area contributed by atoms with Gasteiger partial charge in [-0.25, -0.2) is 14.5 Å². The van der Waals surface area contributed by atoms with E-state index in [1.54, 1.807) is 53.7 Å². The molecule has 0 unspecified atom stereocenters. The van der Waals surface area contributed by atoms with Gasteiger partial charge in [-0.3, -0.25) is 0 Å². The van der Waals surface area contributed by atoms with E-state index in [0.717, 1.165) is 4.90 Å². The normalized spacial score (nSPS) is 12.4. The third kappa shape index (κ3) is 8.24. The highest BCUT2D eigenvalue weighted by molar-refractivity contribution is 5.88. The number of hydrogen-bond donors (Lipinski definition) is 0. The number of nitrogens with zero attached hydrogens (tertiary/aromatic N) is 1. The molecule has 19 heavy (non-hydrogen) atoms. The molecule has 0 aromatic heterocycles. The Labute approximate surface area is 115 Å². The van der Waals surface area contributed by atoms with Crippen molar-refractivity contribution in [2.24, 2.45) is 0 Å². The van der Waals surface area contributed by atoms with Gasteiger partial charge in [0.2, 0.25) is 0 Å². The lowest BCUT2D eigenvalue weighted by Gasteiger charge is -2.28. The Morgan fingerprint density at radius 3 is 1.58 bits per heavy atom. The molecule has 0 atom stereocenters. The van der Waals surface area contributed by atoms with Crippen molar-refractivity contribution in [2.45, 2.75) is 59.7 Å². The second kappa shape index (κ2) is 6.59. The number of carbonyl (C=O) groups excluding carboxylic acids is 2. The maximum absolute atomic E-state index is 12.0. The maximum atomic E-state index is 12.0. The van der Waals surface area contributed by atoms with Gasteiger partial charge < -0.3 is 9.47 Å². The summed E-state index contributed by atoms with van der Waals surface area (Å²) < 4.78 is 10.4. The van der Waals surface area contributed by atoms with Crippen molar-refractivity contribution in [1.29, 1.82) is 0 Å². The van der Waals surface area contributed by atoms with E-state index >= 15 is 0 Å². The number of ether oxygens (including phenoxy) is 2. The van der Waals surface area contributed by atoms with Crippen LogP contribution in [0, 0.1) is 0 Å². The predicted octanol–water partition coefficient (Wildman–Crippen LogP) is 3.73. The van der Waals surface area contributed by atoms with E-state index in [0.29, 0.717) is 0 Å². The largest absolute Gasteiger partial charge is 0.443 e. The van der Waals surface area contributed by atoms with Gasteiger partial charge in [0.15, 0.2) is 0 Å². The van der Waals surface area contributed by atoms with Crippen LogP contribution >= 0.6 is 0 Å². The molecule has 0 aliphatic rings. The Morgan fingerprint density at radius 2 is 1.32 bits per heavy atom. The zero-order chi connectivity index (χ0) is 15.3. The third-order valence-corrected chi connectivity index (χ3v) is 1.75. The summed E-state index contributed by atoms with van der Waals surface area (Å²) in [5.41, 5.74) is -1.32. The first-order valence-electron chi connectivity index (χ1n) is 6.31. The van der Waals surface area contributed by atoms with Crippen molar-refractivity contribution in [2.75, 3.05) is 6.54 Å². The first-order valence-corrected chi connectivity index (χ1v) is 6.31. The van der Waals surface area contributed by atoms with Gasteiger partial charge in [-0.05, 0) is 48.5 Å². The first-order chi connectivity index (χ1) is 8.46. The highest BCUT2D eigenvalue weighted by Crippen LogP contribution is 2.14. The third-order valence-electron chi connectivity index (χ3n) is 1.75. The summed E-state index contributed by atoms with van der Waals surface area (Å²) in [5, 5.41) is 0. The molecular weight excluding hydrogens is 246 g/mol. The van der Waals surface area contributed by atoms with Crippen LogP contribution in [-0.4, -0.2) is 34.8 Å². The Kier molecular flexibility index (Phi) is 6.06. The van der Waals surface area contributed by atoms with Gasteiger partial charge >= 0.3 is 12.2 Å². The van der Waals surface area contributed by atoms with Crippen LogP contribution in [0.1, 0.15) is 48.5 Å². The van der Waals surface area contributed by atoms with Crippen LogP contribution in [-0.2, 0) is 9.47 Å². The second-order valence-corrected chi connectivity index (χ2v) is 6.14. The summed E-state index contributed by atoms with van der Waals surface area (Å²) >= 11 is 0. The van der Waals surface area contributed by atoms with Crippen LogP contribution in [0.5, 0.6) is 0 Å². The Bertz CT molecular complexity index is 319. The van der Waals surface area contributed by atoms with E-state index in [4.69, 9.17) is 9.47 Å². The molecule has 0 N–H and O–H groups in total. The van der Waals surface area contributed by atoms with E-state index in [1.165, 1.54) is 0 Å². The predicted molar refractivity (Wildman–Crippen MR) is 74.0 cm³/mol. The average Bonchev–Trinajstić information content (AvgIpc) is 2.12. The standard InChI is InChI=1S/C14H25NO4/c1-8-9-10-15(11(16)18-13(2,3)4)12(17)19-14(5,6)7/h8-9H,10H2,1-7H3/b9-8-. The maximum Gasteiger partial charge on any atom is 0.420 e. The fraction of sp³-hybridized carbons (Fsp3) is 0.714. The first kappa shape index (κ1) is 17.5. The molecule has 0 rings (SSSR count). The van der Waals surface area contributed by atoms with Crippen LogP contribution in [0.3, 0.4) is 0 Å². The smallest absolute Gasteiger partial charge is 0.420 e. The molecule has 0 aliphatic carbocycles. The lowest BCUT2D eigenvalue weighted by atomic mass is 10.2. The van der Waals surface area contributed by atoms with E-state index < -0.39 is 23.4 Å². The number of hydrogen-bond acceptors (Lipinski definition) is 4. The number of allylic oxidation sites excluding steroid dienone is 1. The van der Waals surface area contributed by atoms with Crippen molar-refractivity contribution in [3.63, 3.8) is 0 Å². The minimum Gasteiger partial charge on any atom is -0.443 e. The van der Waals surface area contributed by atoms with Crippen molar-refractivity contribution < 1.29 is 19.1 Å². The van der Waals surface area contributed by atoms with Gasteiger partial charge in [0.1, 0.15) is 11.2 Å². The SMILES string of the molecule is C/C=C\CN(C(=O)OC(C)(C)C)C(=O)OC(C)(C)C. The summed E-state index contributed by atoms with van der Waals surface area (Å²) in [4.78, 5) is 24.9. The molecule has 0 aromatic rings. The summed E-state index contributed by atoms with van der Waals surface area (Å²) in [5.74, 6) is 0. The van der Waals surface area contributed by atoms with Gasteiger partial charge in [0.25, 0.3) is 0 Å². The van der Waals surface area contributed by atoms with E-state index in [2.05, 4.69) is 0 Å². The molecule has 0 aromatic carbocycles. The summed E-state index contributed by atoms with van der Waals surface area (Å²) in [6, 6.07) is 0. The lowest BCUT2D eigenvalue weighted by molar-refractivity contribution is 0.00374. The number of rotatable bonds is 2. The summed E-state index contributed by atoms with van der Waals surface area (Å²) in [6.45, 7) is 12.4. The molecule has 5 nitrogen and oxygen atoms in total. The number of imide groups is 1. The minimum absolute atomic E-state index is 0.125. The van der Waals surface area contributed by atoms with Crippen molar-refractivity contribution in [3.05, 3.63) is 12.2 Å². The highest BCUT2D eigenvalue weighted by Gasteiger charge is 2.30. The molecule has 110 valence electrons. The van der Waals surface area contributed by atoms with Crippen molar-refractivity contribution in [3.8, 4) is 0 Å². The van der Waals surface area contributed by atoms with Gasteiger partial charge in [0, 0.05) is 0 Å². The molecule has 0 bridgehead atoms. The molecule has 0 heterocycles. The van der Waals surface area contributed by atoms with Crippen LogP contribution < -0.4 is 0 Å². The summed E-state index contributed by atoms with van der Waals surface area (Å²) in [6.07, 6.45) is 2.02. The van der Waals surface area contributed by atoms with Crippen molar-refractivity contribution in [1.82, 2.24) is 4.90 Å². The molecule has 5 heteroatoms. The van der Waals surface area contributed by atoms with Gasteiger partial charge in [0.05, 0.1) is 6.54 Å². The second-order valence-electron chi connectivity index (χ2n) is 6.14. The highest BCUT2D eigenvalue weighted by atomic mass is 16.6. The van der Waals surface area contributed by atoms with E-state index in [1.807, 2.05) is 6.92 Å². The summed E-state index contributed by atoms with van der Waals surface area (Å²) in [7, 11) is 0.